The zero-order valence-electron chi connectivity index (χ0n) is 13.8. The Morgan fingerprint density at radius 2 is 1.67 bits per heavy atom. The highest BCUT2D eigenvalue weighted by atomic mass is 16.5. The number of rotatable bonds is 7. The maximum absolute atomic E-state index is 12.1. The average Bonchev–Trinajstić information content (AvgIpc) is 2.59. The number of carboxylic acid groups (broad SMARTS) is 1. The van der Waals surface area contributed by atoms with E-state index in [-0.39, 0.29) is 12.5 Å². The molecule has 0 aromatic heterocycles. The van der Waals surface area contributed by atoms with Gasteiger partial charge in [-0.2, -0.15) is 0 Å². The van der Waals surface area contributed by atoms with Gasteiger partial charge in [-0.1, -0.05) is 30.3 Å². The number of carbonyl (C=O) groups excluding carboxylic acids is 1. The summed E-state index contributed by atoms with van der Waals surface area (Å²) in [6, 6.07) is 16.5. The van der Waals surface area contributed by atoms with E-state index in [1.807, 2.05) is 42.5 Å². The van der Waals surface area contributed by atoms with E-state index in [9.17, 15) is 9.59 Å². The van der Waals surface area contributed by atoms with Crippen LogP contribution in [-0.4, -0.2) is 23.5 Å². The van der Waals surface area contributed by atoms with Crippen LogP contribution in [0.5, 0.6) is 5.75 Å². The Hall–Kier alpha value is -2.82. The third-order valence-electron chi connectivity index (χ3n) is 3.63. The van der Waals surface area contributed by atoms with Gasteiger partial charge in [0, 0.05) is 12.1 Å². The van der Waals surface area contributed by atoms with Crippen molar-refractivity contribution in [1.29, 1.82) is 0 Å². The lowest BCUT2D eigenvalue weighted by Crippen LogP contribution is -2.38. The van der Waals surface area contributed by atoms with Crippen molar-refractivity contribution in [3.05, 3.63) is 65.7 Å². The highest BCUT2D eigenvalue weighted by Crippen LogP contribution is 2.14. The van der Waals surface area contributed by atoms with Crippen LogP contribution in [-0.2, 0) is 11.4 Å². The van der Waals surface area contributed by atoms with E-state index in [4.69, 9.17) is 9.84 Å². The molecule has 0 bridgehead atoms. The molecule has 24 heavy (non-hydrogen) atoms. The first kappa shape index (κ1) is 17.5. The van der Waals surface area contributed by atoms with Crippen molar-refractivity contribution in [2.75, 3.05) is 6.54 Å². The third kappa shape index (κ3) is 4.84. The van der Waals surface area contributed by atoms with Crippen molar-refractivity contribution in [3.8, 4) is 5.75 Å². The van der Waals surface area contributed by atoms with Crippen LogP contribution in [0.15, 0.2) is 54.6 Å². The molecule has 1 amide bonds. The normalized spacial score (nSPS) is 10.9. The molecule has 2 aromatic rings. The van der Waals surface area contributed by atoms with Crippen LogP contribution in [0.1, 0.15) is 29.8 Å². The van der Waals surface area contributed by atoms with Crippen LogP contribution in [0.3, 0.4) is 0 Å². The van der Waals surface area contributed by atoms with Gasteiger partial charge in [-0.3, -0.25) is 9.59 Å². The van der Waals surface area contributed by atoms with Gasteiger partial charge in [-0.25, -0.2) is 0 Å². The van der Waals surface area contributed by atoms with Crippen molar-refractivity contribution in [3.63, 3.8) is 0 Å². The van der Waals surface area contributed by atoms with Crippen LogP contribution >= 0.6 is 0 Å². The summed E-state index contributed by atoms with van der Waals surface area (Å²) in [4.78, 5) is 23.1. The van der Waals surface area contributed by atoms with Gasteiger partial charge in [-0.15, -0.1) is 0 Å². The summed E-state index contributed by atoms with van der Waals surface area (Å²) in [5.74, 6) is -0.453. The van der Waals surface area contributed by atoms with Crippen molar-refractivity contribution < 1.29 is 19.4 Å². The van der Waals surface area contributed by atoms with E-state index < -0.39 is 11.4 Å². The van der Waals surface area contributed by atoms with Crippen molar-refractivity contribution >= 4 is 11.9 Å². The number of amides is 1. The van der Waals surface area contributed by atoms with Gasteiger partial charge in [0.25, 0.3) is 5.91 Å². The fourth-order valence-corrected chi connectivity index (χ4v) is 1.91. The minimum absolute atomic E-state index is 0.0695. The van der Waals surface area contributed by atoms with Crippen LogP contribution in [0.2, 0.25) is 0 Å². The number of hydrogen-bond donors (Lipinski definition) is 2. The molecule has 5 nitrogen and oxygen atoms in total. The zero-order valence-corrected chi connectivity index (χ0v) is 13.8. The third-order valence-corrected chi connectivity index (χ3v) is 3.63. The lowest BCUT2D eigenvalue weighted by molar-refractivity contribution is -0.146. The van der Waals surface area contributed by atoms with E-state index in [1.54, 1.807) is 26.0 Å². The molecular formula is C19H21NO4. The maximum atomic E-state index is 12.1. The van der Waals surface area contributed by atoms with Crippen LogP contribution in [0.25, 0.3) is 0 Å². The SMILES string of the molecule is CC(C)(CNC(=O)c1ccc(COc2ccccc2)cc1)C(=O)O. The number of ether oxygens (including phenoxy) is 1. The predicted molar refractivity (Wildman–Crippen MR) is 91.0 cm³/mol. The molecule has 0 unspecified atom stereocenters. The molecule has 0 radical (unpaired) electrons. The van der Waals surface area contributed by atoms with E-state index in [0.29, 0.717) is 12.2 Å². The van der Waals surface area contributed by atoms with Crippen LogP contribution < -0.4 is 10.1 Å². The Morgan fingerprint density at radius 1 is 1.04 bits per heavy atom. The minimum atomic E-state index is -1.00. The predicted octanol–water partition coefficient (Wildman–Crippen LogP) is 3.11. The molecule has 0 atom stereocenters. The Kier molecular flexibility index (Phi) is 5.58. The number of aliphatic carboxylic acids is 1. The van der Waals surface area contributed by atoms with Gasteiger partial charge >= 0.3 is 5.97 Å². The number of hydrogen-bond acceptors (Lipinski definition) is 3. The van der Waals surface area contributed by atoms with Gasteiger partial charge in [0.2, 0.25) is 0 Å². The number of nitrogens with one attached hydrogen (secondary N) is 1. The first-order valence-corrected chi connectivity index (χ1v) is 7.67. The molecule has 0 saturated heterocycles. The lowest BCUT2D eigenvalue weighted by Gasteiger charge is -2.19. The van der Waals surface area contributed by atoms with Crippen molar-refractivity contribution in [2.24, 2.45) is 5.41 Å². The molecule has 0 fully saturated rings. The molecular weight excluding hydrogens is 306 g/mol. The second-order valence-corrected chi connectivity index (χ2v) is 6.17. The lowest BCUT2D eigenvalue weighted by atomic mass is 9.94. The summed E-state index contributed by atoms with van der Waals surface area (Å²) in [6.45, 7) is 3.62. The Morgan fingerprint density at radius 3 is 2.25 bits per heavy atom. The standard InChI is InChI=1S/C19H21NO4/c1-19(2,18(22)23)13-20-17(21)15-10-8-14(9-11-15)12-24-16-6-4-3-5-7-16/h3-11H,12-13H2,1-2H3,(H,20,21)(H,22,23). The molecule has 2 rings (SSSR count). The fourth-order valence-electron chi connectivity index (χ4n) is 1.91. The summed E-state index contributed by atoms with van der Waals surface area (Å²) in [6.07, 6.45) is 0. The molecule has 0 saturated carbocycles. The number of para-hydroxylation sites is 1. The van der Waals surface area contributed by atoms with Crippen molar-refractivity contribution in [2.45, 2.75) is 20.5 Å². The van der Waals surface area contributed by atoms with Crippen LogP contribution in [0, 0.1) is 5.41 Å². The van der Waals surface area contributed by atoms with Gasteiger partial charge in [0.1, 0.15) is 12.4 Å². The second-order valence-electron chi connectivity index (χ2n) is 6.17. The Bertz CT molecular complexity index is 693. The van der Waals surface area contributed by atoms with Crippen LogP contribution in [0.4, 0.5) is 0 Å². The number of carboxylic acids is 1. The maximum Gasteiger partial charge on any atom is 0.310 e. The molecule has 0 aliphatic heterocycles. The molecule has 2 N–H and O–H groups in total. The molecule has 0 spiro atoms. The molecule has 126 valence electrons. The fraction of sp³-hybridized carbons (Fsp3) is 0.263. The van der Waals surface area contributed by atoms with Gasteiger partial charge in [0.05, 0.1) is 5.41 Å². The second kappa shape index (κ2) is 7.64. The van der Waals surface area contributed by atoms with E-state index in [2.05, 4.69) is 5.32 Å². The van der Waals surface area contributed by atoms with E-state index in [1.165, 1.54) is 0 Å². The molecule has 0 aliphatic rings. The largest absolute Gasteiger partial charge is 0.489 e. The molecule has 0 heterocycles. The van der Waals surface area contributed by atoms with Gasteiger partial charge in [0.15, 0.2) is 0 Å². The molecule has 2 aromatic carbocycles. The summed E-state index contributed by atoms with van der Waals surface area (Å²) < 4.78 is 5.65. The summed E-state index contributed by atoms with van der Waals surface area (Å²) in [5.41, 5.74) is 0.431. The minimum Gasteiger partial charge on any atom is -0.489 e. The first-order valence-electron chi connectivity index (χ1n) is 7.67. The number of benzene rings is 2. The monoisotopic (exact) mass is 327 g/mol. The first-order chi connectivity index (χ1) is 11.4. The Balaban J connectivity index is 1.89. The molecule has 0 aliphatic carbocycles. The quantitative estimate of drug-likeness (QED) is 0.819. The summed E-state index contributed by atoms with van der Waals surface area (Å²) >= 11 is 0. The summed E-state index contributed by atoms with van der Waals surface area (Å²) in [7, 11) is 0. The summed E-state index contributed by atoms with van der Waals surface area (Å²) in [5, 5.41) is 11.7. The highest BCUT2D eigenvalue weighted by molar-refractivity contribution is 5.94. The van der Waals surface area contributed by atoms with E-state index >= 15 is 0 Å². The van der Waals surface area contributed by atoms with Gasteiger partial charge < -0.3 is 15.2 Å². The molecule has 5 heteroatoms. The van der Waals surface area contributed by atoms with Crippen molar-refractivity contribution in [1.82, 2.24) is 5.32 Å². The smallest absolute Gasteiger partial charge is 0.310 e. The van der Waals surface area contributed by atoms with Gasteiger partial charge in [-0.05, 0) is 43.7 Å². The zero-order chi connectivity index (χ0) is 17.6. The Labute approximate surface area is 141 Å². The highest BCUT2D eigenvalue weighted by Gasteiger charge is 2.27. The number of carbonyl (C=O) groups is 2. The van der Waals surface area contributed by atoms with E-state index in [0.717, 1.165) is 11.3 Å². The average molecular weight is 327 g/mol. The topological polar surface area (TPSA) is 75.6 Å².